The number of Topliss-reactive ketones (excluding diaryl/α,β-unsaturated/α-hetero) is 1. The first-order valence-electron chi connectivity index (χ1n) is 9.39. The van der Waals surface area contributed by atoms with E-state index in [1.54, 1.807) is 24.3 Å². The fourth-order valence-corrected chi connectivity index (χ4v) is 4.51. The molecule has 2 N–H and O–H groups in total. The zero-order valence-corrected chi connectivity index (χ0v) is 16.5. The van der Waals surface area contributed by atoms with E-state index < -0.39 is 23.3 Å². The number of carbonyl (C=O) groups excluding carboxylic acids is 4. The van der Waals surface area contributed by atoms with Crippen LogP contribution in [-0.4, -0.2) is 49.3 Å². The highest BCUT2D eigenvalue weighted by Gasteiger charge is 2.64. The van der Waals surface area contributed by atoms with Crippen LogP contribution in [0.5, 0.6) is 5.75 Å². The Labute approximate surface area is 172 Å². The van der Waals surface area contributed by atoms with Gasteiger partial charge in [-0.1, -0.05) is 18.2 Å². The molecule has 0 bridgehead atoms. The van der Waals surface area contributed by atoms with Crippen molar-refractivity contribution in [1.82, 2.24) is 4.90 Å². The van der Waals surface area contributed by atoms with Crippen LogP contribution in [0.2, 0.25) is 0 Å². The lowest BCUT2D eigenvalue weighted by molar-refractivity contribution is -0.146. The minimum absolute atomic E-state index is 0.141. The van der Waals surface area contributed by atoms with E-state index in [0.29, 0.717) is 24.1 Å². The summed E-state index contributed by atoms with van der Waals surface area (Å²) in [7, 11) is 2.36. The normalized spacial score (nSPS) is 22.7. The van der Waals surface area contributed by atoms with Crippen molar-refractivity contribution in [2.45, 2.75) is 24.7 Å². The number of methoxy groups -OCH3 is 2. The Morgan fingerprint density at radius 3 is 2.60 bits per heavy atom. The maximum absolute atomic E-state index is 14.0. The summed E-state index contributed by atoms with van der Waals surface area (Å²) in [5, 5.41) is 0. The maximum atomic E-state index is 14.0. The van der Waals surface area contributed by atoms with Crippen LogP contribution in [0.4, 0.5) is 0 Å². The number of allylic oxidation sites excluding steroid dienone is 1. The number of para-hydroxylation sites is 1. The number of nitrogens with zero attached hydrogens (tertiary/aromatic N) is 1. The minimum atomic E-state index is -1.84. The van der Waals surface area contributed by atoms with Crippen molar-refractivity contribution >= 4 is 23.6 Å². The molecular formula is C21H20N2O7. The minimum Gasteiger partial charge on any atom is -0.468 e. The number of esters is 2. The van der Waals surface area contributed by atoms with Crippen molar-refractivity contribution in [3.05, 3.63) is 52.6 Å². The largest absolute Gasteiger partial charge is 0.468 e. The second-order valence-corrected chi connectivity index (χ2v) is 7.14. The average molecular weight is 412 g/mol. The summed E-state index contributed by atoms with van der Waals surface area (Å²) in [6, 6.07) is 6.56. The van der Waals surface area contributed by atoms with E-state index in [0.717, 1.165) is 7.11 Å². The molecular weight excluding hydrogens is 392 g/mol. The van der Waals surface area contributed by atoms with Crippen LogP contribution < -0.4 is 10.5 Å². The first-order chi connectivity index (χ1) is 14.4. The zero-order chi connectivity index (χ0) is 21.6. The Balaban J connectivity index is 2.08. The van der Waals surface area contributed by atoms with Crippen LogP contribution in [0.1, 0.15) is 24.8 Å². The molecule has 0 saturated heterocycles. The SMILES string of the molecule is COC(=O)CN1C(=O)[C@@]2(C(C(=O)OC)=C(N)Oc3ccccc32)C2=C1CCCC2=O. The Kier molecular flexibility index (Phi) is 4.60. The molecule has 1 aromatic rings. The summed E-state index contributed by atoms with van der Waals surface area (Å²) in [4.78, 5) is 53.2. The molecule has 4 rings (SSSR count). The fourth-order valence-electron chi connectivity index (χ4n) is 4.51. The topological polar surface area (TPSA) is 125 Å². The number of carbonyl (C=O) groups is 4. The lowest BCUT2D eigenvalue weighted by Crippen LogP contribution is -2.50. The Morgan fingerprint density at radius 2 is 1.90 bits per heavy atom. The predicted molar refractivity (Wildman–Crippen MR) is 102 cm³/mol. The van der Waals surface area contributed by atoms with Gasteiger partial charge in [-0.25, -0.2) is 4.79 Å². The van der Waals surface area contributed by atoms with E-state index >= 15 is 0 Å². The van der Waals surface area contributed by atoms with Gasteiger partial charge in [-0.15, -0.1) is 0 Å². The van der Waals surface area contributed by atoms with Gasteiger partial charge in [0.15, 0.2) is 5.78 Å². The third kappa shape index (κ3) is 2.47. The number of nitrogens with two attached hydrogens (primary N) is 1. The van der Waals surface area contributed by atoms with Gasteiger partial charge in [-0.3, -0.25) is 14.4 Å². The number of ether oxygens (including phenoxy) is 3. The highest BCUT2D eigenvalue weighted by Crippen LogP contribution is 2.56. The summed E-state index contributed by atoms with van der Waals surface area (Å²) in [6.07, 6.45) is 1.11. The van der Waals surface area contributed by atoms with Gasteiger partial charge in [-0.2, -0.15) is 0 Å². The van der Waals surface area contributed by atoms with Crippen LogP contribution in [-0.2, 0) is 34.1 Å². The summed E-state index contributed by atoms with van der Waals surface area (Å²) in [5.74, 6) is -2.53. The molecule has 0 unspecified atom stereocenters. The maximum Gasteiger partial charge on any atom is 0.340 e. The van der Waals surface area contributed by atoms with Gasteiger partial charge in [0.1, 0.15) is 23.3 Å². The highest BCUT2D eigenvalue weighted by atomic mass is 16.5. The predicted octanol–water partition coefficient (Wildman–Crippen LogP) is 0.682. The summed E-state index contributed by atoms with van der Waals surface area (Å²) in [5.41, 5.74) is 4.83. The molecule has 3 aliphatic rings. The van der Waals surface area contributed by atoms with Gasteiger partial charge >= 0.3 is 11.9 Å². The zero-order valence-electron chi connectivity index (χ0n) is 16.5. The van der Waals surface area contributed by atoms with Crippen LogP contribution >= 0.6 is 0 Å². The van der Waals surface area contributed by atoms with E-state index in [1.165, 1.54) is 12.0 Å². The number of benzene rings is 1. The molecule has 30 heavy (non-hydrogen) atoms. The number of rotatable bonds is 3. The molecule has 2 heterocycles. The van der Waals surface area contributed by atoms with Crippen LogP contribution in [0.25, 0.3) is 0 Å². The fraction of sp³-hybridized carbons (Fsp3) is 0.333. The molecule has 0 saturated carbocycles. The second-order valence-electron chi connectivity index (χ2n) is 7.14. The van der Waals surface area contributed by atoms with E-state index in [1.807, 2.05) is 0 Å². The number of hydrogen-bond acceptors (Lipinski definition) is 8. The lowest BCUT2D eigenvalue weighted by Gasteiger charge is -2.37. The Hall–Kier alpha value is -3.62. The monoisotopic (exact) mass is 412 g/mol. The average Bonchev–Trinajstić information content (AvgIpc) is 2.98. The number of fused-ring (bicyclic) bond motifs is 3. The quantitative estimate of drug-likeness (QED) is 0.719. The first kappa shape index (κ1) is 19.7. The van der Waals surface area contributed by atoms with Gasteiger partial charge < -0.3 is 24.8 Å². The van der Waals surface area contributed by atoms with Crippen LogP contribution in [0.3, 0.4) is 0 Å². The van der Waals surface area contributed by atoms with Crippen molar-refractivity contribution in [3.63, 3.8) is 0 Å². The Morgan fingerprint density at radius 1 is 1.17 bits per heavy atom. The smallest absolute Gasteiger partial charge is 0.340 e. The van der Waals surface area contributed by atoms with Crippen molar-refractivity contribution in [2.24, 2.45) is 5.73 Å². The molecule has 1 spiro atoms. The first-order valence-corrected chi connectivity index (χ1v) is 9.39. The molecule has 0 radical (unpaired) electrons. The second kappa shape index (κ2) is 7.01. The van der Waals surface area contributed by atoms with Gasteiger partial charge in [-0.05, 0) is 18.9 Å². The molecule has 1 aromatic carbocycles. The highest BCUT2D eigenvalue weighted by molar-refractivity contribution is 6.19. The lowest BCUT2D eigenvalue weighted by atomic mass is 9.65. The molecule has 9 heteroatoms. The molecule has 9 nitrogen and oxygen atoms in total. The summed E-state index contributed by atoms with van der Waals surface area (Å²) in [6.45, 7) is -0.388. The molecule has 1 aliphatic carbocycles. The van der Waals surface area contributed by atoms with E-state index in [2.05, 4.69) is 0 Å². The molecule has 2 aliphatic heterocycles. The van der Waals surface area contributed by atoms with Crippen LogP contribution in [0, 0.1) is 0 Å². The van der Waals surface area contributed by atoms with Crippen molar-refractivity contribution < 1.29 is 33.4 Å². The van der Waals surface area contributed by atoms with E-state index in [4.69, 9.17) is 19.9 Å². The van der Waals surface area contributed by atoms with Crippen molar-refractivity contribution in [2.75, 3.05) is 20.8 Å². The molecule has 0 fully saturated rings. The molecule has 1 atom stereocenters. The Bertz CT molecular complexity index is 1060. The van der Waals surface area contributed by atoms with Crippen LogP contribution in [0.15, 0.2) is 47.0 Å². The molecule has 156 valence electrons. The standard InChI is InChI=1S/C21H20N2O7/c1-28-15(25)10-23-12-7-5-8-13(24)16(12)21(20(23)27)11-6-3-4-9-14(11)30-18(22)17(21)19(26)29-2/h3-4,6,9H,5,7-8,10,22H2,1-2H3/t21-/m1/s1. The van der Waals surface area contributed by atoms with E-state index in [-0.39, 0.29) is 41.5 Å². The third-order valence-electron chi connectivity index (χ3n) is 5.69. The number of hydrogen-bond donors (Lipinski definition) is 1. The molecule has 1 amide bonds. The number of ketones is 1. The van der Waals surface area contributed by atoms with Crippen molar-refractivity contribution in [1.29, 1.82) is 0 Å². The van der Waals surface area contributed by atoms with E-state index in [9.17, 15) is 19.2 Å². The number of amides is 1. The third-order valence-corrected chi connectivity index (χ3v) is 5.69. The summed E-state index contributed by atoms with van der Waals surface area (Å²) >= 11 is 0. The summed E-state index contributed by atoms with van der Waals surface area (Å²) < 4.78 is 15.3. The van der Waals surface area contributed by atoms with Crippen molar-refractivity contribution in [3.8, 4) is 5.75 Å². The van der Waals surface area contributed by atoms with Gasteiger partial charge in [0, 0.05) is 23.3 Å². The molecule has 0 aromatic heterocycles. The van der Waals surface area contributed by atoms with Gasteiger partial charge in [0.2, 0.25) is 11.8 Å². The van der Waals surface area contributed by atoms with Gasteiger partial charge in [0.05, 0.1) is 14.2 Å². The van der Waals surface area contributed by atoms with Gasteiger partial charge in [0.25, 0.3) is 0 Å².